The van der Waals surface area contributed by atoms with Crippen LogP contribution < -0.4 is 20.7 Å². The van der Waals surface area contributed by atoms with Gasteiger partial charge < -0.3 is 0 Å². The van der Waals surface area contributed by atoms with Gasteiger partial charge in [0, 0.05) is 0 Å². The van der Waals surface area contributed by atoms with Crippen LogP contribution in [-0.4, -0.2) is 17.6 Å². The smallest absolute Gasteiger partial charge is 0.0628 e. The first-order chi connectivity index (χ1) is 10.8. The predicted molar refractivity (Wildman–Crippen MR) is 99.1 cm³/mol. The van der Waals surface area contributed by atoms with Crippen LogP contribution in [0.4, 0.5) is 0 Å². The first-order valence-electron chi connectivity index (χ1n) is 7.81. The van der Waals surface area contributed by atoms with E-state index in [-0.39, 0.29) is 0 Å². The van der Waals surface area contributed by atoms with Gasteiger partial charge in [-0.1, -0.05) is 73.8 Å². The monoisotopic (exact) mass is 312 g/mol. The average molecular weight is 313 g/mol. The van der Waals surface area contributed by atoms with Gasteiger partial charge in [0.25, 0.3) is 0 Å². The van der Waals surface area contributed by atoms with Crippen molar-refractivity contribution in [3.63, 3.8) is 0 Å². The van der Waals surface area contributed by atoms with Crippen molar-refractivity contribution in [3.05, 3.63) is 60.7 Å². The molecule has 104 valence electrons. The maximum Gasteiger partial charge on any atom is 0.119 e. The Hall–Kier alpha value is -1.91. The van der Waals surface area contributed by atoms with Crippen molar-refractivity contribution in [2.75, 3.05) is 0 Å². The molecule has 3 aromatic rings. The highest BCUT2D eigenvalue weighted by Gasteiger charge is 2.32. The fraction of sp³-hybridized carbons (Fsp3) is 0.100. The molecule has 2 aliphatic heterocycles. The van der Waals surface area contributed by atoms with Gasteiger partial charge in [-0.2, -0.15) is 0 Å². The Labute approximate surface area is 134 Å². The van der Waals surface area contributed by atoms with Gasteiger partial charge in [0.15, 0.2) is 0 Å². The summed E-state index contributed by atoms with van der Waals surface area (Å²) in [6.45, 7) is 4.89. The highest BCUT2D eigenvalue weighted by Crippen LogP contribution is 2.28. The molecule has 0 atom stereocenters. The number of rotatable bonds is 0. The highest BCUT2D eigenvalue weighted by atomic mass is 28.3. The fourth-order valence-corrected chi connectivity index (χ4v) is 8.51. The lowest BCUT2D eigenvalue weighted by Crippen LogP contribution is -2.37. The summed E-state index contributed by atoms with van der Waals surface area (Å²) in [4.78, 5) is 0. The average Bonchev–Trinajstić information content (AvgIpc) is 3.01. The van der Waals surface area contributed by atoms with E-state index in [1.807, 2.05) is 0 Å². The van der Waals surface area contributed by atoms with Crippen LogP contribution in [0, 0.1) is 0 Å². The lowest BCUT2D eigenvalue weighted by atomic mass is 10.0. The maximum atomic E-state index is 2.53. The Morgan fingerprint density at radius 3 is 1.36 bits per heavy atom. The topological polar surface area (TPSA) is 0 Å². The molecule has 0 spiro atoms. The number of hydrogen-bond acceptors (Lipinski definition) is 0. The van der Waals surface area contributed by atoms with Crippen LogP contribution in [0.25, 0.3) is 22.3 Å². The number of fused-ring (bicyclic) bond motifs is 6. The van der Waals surface area contributed by atoms with Crippen molar-refractivity contribution in [1.29, 1.82) is 0 Å². The molecule has 0 aromatic heterocycles. The van der Waals surface area contributed by atoms with Crippen molar-refractivity contribution in [3.8, 4) is 22.3 Å². The van der Waals surface area contributed by atoms with E-state index >= 15 is 0 Å². The Balaban J connectivity index is 1.81. The van der Waals surface area contributed by atoms with Gasteiger partial charge in [-0.15, -0.1) is 0 Å². The molecular weight excluding hydrogens is 296 g/mol. The van der Waals surface area contributed by atoms with Gasteiger partial charge >= 0.3 is 0 Å². The molecule has 0 N–H and O–H groups in total. The normalized spacial score (nSPS) is 15.4. The summed E-state index contributed by atoms with van der Waals surface area (Å²) in [5, 5.41) is 6.39. The van der Waals surface area contributed by atoms with Gasteiger partial charge in [-0.3, -0.25) is 0 Å². The first-order valence-corrected chi connectivity index (χ1v) is 11.8. The van der Waals surface area contributed by atoms with E-state index in [4.69, 9.17) is 0 Å². The Morgan fingerprint density at radius 1 is 0.500 bits per heavy atom. The zero-order chi connectivity index (χ0) is 14.8. The summed E-state index contributed by atoms with van der Waals surface area (Å²) in [7, 11) is -1.20. The molecule has 0 bridgehead atoms. The van der Waals surface area contributed by atoms with Crippen LogP contribution in [0.2, 0.25) is 13.1 Å². The molecule has 5 rings (SSSR count). The van der Waals surface area contributed by atoms with Gasteiger partial charge in [0.1, 0.15) is 17.6 Å². The van der Waals surface area contributed by atoms with Crippen LogP contribution in [0.5, 0.6) is 0 Å². The summed E-state index contributed by atoms with van der Waals surface area (Å²) < 4.78 is 0. The molecule has 0 saturated carbocycles. The summed E-state index contributed by atoms with van der Waals surface area (Å²) in [5.41, 5.74) is 6.01. The van der Waals surface area contributed by atoms with Crippen molar-refractivity contribution in [2.45, 2.75) is 13.1 Å². The molecule has 0 amide bonds. The van der Waals surface area contributed by atoms with E-state index in [1.54, 1.807) is 20.7 Å². The van der Waals surface area contributed by atoms with Crippen LogP contribution >= 0.6 is 0 Å². The maximum absolute atomic E-state index is 2.53. The molecule has 2 radical (unpaired) electrons. The Bertz CT molecular complexity index is 849. The zero-order valence-electron chi connectivity index (χ0n) is 12.8. The lowest BCUT2D eigenvalue weighted by molar-refractivity contribution is 1.71. The third kappa shape index (κ3) is 1.46. The molecule has 0 unspecified atom stereocenters. The summed E-state index contributed by atoms with van der Waals surface area (Å²) in [6.07, 6.45) is 0. The highest BCUT2D eigenvalue weighted by molar-refractivity contribution is 6.91. The minimum Gasteiger partial charge on any atom is -0.0628 e. The number of benzene rings is 3. The van der Waals surface area contributed by atoms with Gasteiger partial charge in [-0.25, -0.2) is 0 Å². The fourth-order valence-electron chi connectivity index (χ4n) is 4.05. The number of hydrogen-bond donors (Lipinski definition) is 0. The quantitative estimate of drug-likeness (QED) is 0.558. The Morgan fingerprint density at radius 2 is 0.909 bits per heavy atom. The zero-order valence-corrected chi connectivity index (χ0v) is 14.8. The van der Waals surface area contributed by atoms with Crippen molar-refractivity contribution in [1.82, 2.24) is 0 Å². The molecule has 0 nitrogen and oxygen atoms in total. The minimum atomic E-state index is -0.599. The molecular formula is C20H16Si2. The first kappa shape index (κ1) is 12.6. The van der Waals surface area contributed by atoms with E-state index in [9.17, 15) is 0 Å². The third-order valence-corrected chi connectivity index (χ3v) is 10.1. The van der Waals surface area contributed by atoms with E-state index in [0.717, 1.165) is 0 Å². The minimum absolute atomic E-state index is 0.599. The van der Waals surface area contributed by atoms with E-state index in [0.29, 0.717) is 0 Å². The van der Waals surface area contributed by atoms with Crippen molar-refractivity contribution in [2.24, 2.45) is 0 Å². The Kier molecular flexibility index (Phi) is 2.47. The standard InChI is InChI=1S/C20H16Si2/c1-21-17-9-5-3-7-13(17)15-12-20-16(11-19(15)21)14-8-4-6-10-18(14)22(20)2/h3-12H,1-2H3. The second-order valence-corrected chi connectivity index (χ2v) is 10.9. The van der Waals surface area contributed by atoms with E-state index < -0.39 is 17.6 Å². The molecule has 22 heavy (non-hydrogen) atoms. The SMILES string of the molecule is C[Si]1c2ccccc2-c2cc3c(cc21)-c1ccccc1[Si]3C. The van der Waals surface area contributed by atoms with Gasteiger partial charge in [0.2, 0.25) is 0 Å². The molecule has 0 aliphatic carbocycles. The van der Waals surface area contributed by atoms with Crippen molar-refractivity contribution < 1.29 is 0 Å². The summed E-state index contributed by atoms with van der Waals surface area (Å²) >= 11 is 0. The summed E-state index contributed by atoms with van der Waals surface area (Å²) in [5.74, 6) is 0. The molecule has 2 heterocycles. The lowest BCUT2D eigenvalue weighted by Gasteiger charge is -2.10. The van der Waals surface area contributed by atoms with E-state index in [1.165, 1.54) is 22.3 Å². The molecule has 0 fully saturated rings. The van der Waals surface area contributed by atoms with Gasteiger partial charge in [0.05, 0.1) is 0 Å². The molecule has 2 aliphatic rings. The van der Waals surface area contributed by atoms with Crippen LogP contribution in [-0.2, 0) is 0 Å². The third-order valence-electron chi connectivity index (χ3n) is 5.21. The summed E-state index contributed by atoms with van der Waals surface area (Å²) in [6, 6.07) is 23.1. The van der Waals surface area contributed by atoms with Crippen molar-refractivity contribution >= 4 is 38.3 Å². The molecule has 0 saturated heterocycles. The largest absolute Gasteiger partial charge is 0.119 e. The predicted octanol–water partition coefficient (Wildman–Crippen LogP) is 2.12. The van der Waals surface area contributed by atoms with Gasteiger partial charge in [-0.05, 0) is 43.0 Å². The van der Waals surface area contributed by atoms with Crippen LogP contribution in [0.15, 0.2) is 60.7 Å². The second-order valence-electron chi connectivity index (χ2n) is 6.28. The van der Waals surface area contributed by atoms with Crippen LogP contribution in [0.3, 0.4) is 0 Å². The van der Waals surface area contributed by atoms with Crippen LogP contribution in [0.1, 0.15) is 0 Å². The molecule has 3 aromatic carbocycles. The van der Waals surface area contributed by atoms with E-state index in [2.05, 4.69) is 73.8 Å². The molecule has 2 heteroatoms. The second kappa shape index (κ2) is 4.31.